The van der Waals surface area contributed by atoms with Gasteiger partial charge in [-0.2, -0.15) is 5.10 Å². The van der Waals surface area contributed by atoms with Crippen molar-refractivity contribution in [3.05, 3.63) is 47.7 Å². The average molecular weight is 326 g/mol. The second kappa shape index (κ2) is 8.36. The first-order valence-corrected chi connectivity index (χ1v) is 9.53. The van der Waals surface area contributed by atoms with E-state index >= 15 is 0 Å². The fraction of sp³-hybridized carbons (Fsp3) is 0.571. The van der Waals surface area contributed by atoms with Crippen LogP contribution in [0.4, 0.5) is 0 Å². The van der Waals surface area contributed by atoms with E-state index in [0.717, 1.165) is 30.3 Å². The summed E-state index contributed by atoms with van der Waals surface area (Å²) < 4.78 is 8.32. The normalized spacial score (nSPS) is 16.9. The lowest BCUT2D eigenvalue weighted by Gasteiger charge is -2.28. The molecule has 3 nitrogen and oxygen atoms in total. The Hall–Kier alpha value is -1.77. The van der Waals surface area contributed by atoms with E-state index in [2.05, 4.69) is 48.9 Å². The van der Waals surface area contributed by atoms with Crippen LogP contribution in [0.1, 0.15) is 69.7 Å². The molecule has 3 rings (SSSR count). The Balaban J connectivity index is 1.75. The second-order valence-electron chi connectivity index (χ2n) is 7.08. The molecule has 1 aromatic carbocycles. The van der Waals surface area contributed by atoms with Crippen LogP contribution in [0.25, 0.3) is 0 Å². The van der Waals surface area contributed by atoms with Crippen molar-refractivity contribution in [2.45, 2.75) is 71.4 Å². The highest BCUT2D eigenvalue weighted by Gasteiger charge is 2.24. The molecule has 1 unspecified atom stereocenters. The molecular weight excluding hydrogens is 296 g/mol. The fourth-order valence-electron chi connectivity index (χ4n) is 3.75. The first-order valence-electron chi connectivity index (χ1n) is 9.53. The maximum absolute atomic E-state index is 6.16. The summed E-state index contributed by atoms with van der Waals surface area (Å²) in [6.45, 7) is 5.12. The van der Waals surface area contributed by atoms with Crippen LogP contribution in [0.3, 0.4) is 0 Å². The molecule has 1 saturated carbocycles. The van der Waals surface area contributed by atoms with Crippen LogP contribution in [-0.4, -0.2) is 9.78 Å². The molecule has 24 heavy (non-hydrogen) atoms. The zero-order chi connectivity index (χ0) is 16.8. The van der Waals surface area contributed by atoms with Gasteiger partial charge in [-0.05, 0) is 37.7 Å². The van der Waals surface area contributed by atoms with Crippen molar-refractivity contribution >= 4 is 0 Å². The summed E-state index contributed by atoms with van der Waals surface area (Å²) in [5.41, 5.74) is 2.36. The fourth-order valence-corrected chi connectivity index (χ4v) is 3.75. The van der Waals surface area contributed by atoms with E-state index in [1.165, 1.54) is 37.7 Å². The van der Waals surface area contributed by atoms with Gasteiger partial charge in [-0.25, -0.2) is 4.68 Å². The van der Waals surface area contributed by atoms with E-state index < -0.39 is 0 Å². The lowest BCUT2D eigenvalue weighted by Crippen LogP contribution is -2.21. The maximum Gasteiger partial charge on any atom is 0.212 e. The van der Waals surface area contributed by atoms with Crippen LogP contribution in [0.5, 0.6) is 5.88 Å². The number of ether oxygens (including phenoxy) is 1. The number of rotatable bonds is 7. The molecule has 1 aromatic heterocycles. The molecule has 0 saturated heterocycles. The van der Waals surface area contributed by atoms with Crippen molar-refractivity contribution in [3.63, 3.8) is 0 Å². The summed E-state index contributed by atoms with van der Waals surface area (Å²) in [7, 11) is 0. The Morgan fingerprint density at radius 3 is 2.62 bits per heavy atom. The minimum Gasteiger partial charge on any atom is -0.473 e. The molecule has 3 heteroatoms. The van der Waals surface area contributed by atoms with Gasteiger partial charge in [0.1, 0.15) is 6.61 Å². The standard InChI is InChI=1S/C21H30N2O/c1-3-10-20-15-21(24-16-18-11-6-4-7-12-18)23(22-20)17(2)19-13-8-5-9-14-19/h4,6-7,11-12,15,17,19H,3,5,8-10,13-14,16H2,1-2H3. The summed E-state index contributed by atoms with van der Waals surface area (Å²) in [5, 5.41) is 4.88. The van der Waals surface area contributed by atoms with E-state index in [9.17, 15) is 0 Å². The van der Waals surface area contributed by atoms with Crippen LogP contribution < -0.4 is 4.74 Å². The van der Waals surface area contributed by atoms with Crippen molar-refractivity contribution in [1.29, 1.82) is 0 Å². The van der Waals surface area contributed by atoms with E-state index in [1.54, 1.807) is 0 Å². The topological polar surface area (TPSA) is 27.1 Å². The Morgan fingerprint density at radius 2 is 1.92 bits per heavy atom. The largest absolute Gasteiger partial charge is 0.473 e. The Bertz CT molecular complexity index is 614. The van der Waals surface area contributed by atoms with Gasteiger partial charge in [0.2, 0.25) is 5.88 Å². The quantitative estimate of drug-likeness (QED) is 0.666. The predicted octanol–water partition coefficient (Wildman–Crippen LogP) is 5.56. The van der Waals surface area contributed by atoms with Gasteiger partial charge < -0.3 is 4.74 Å². The summed E-state index contributed by atoms with van der Waals surface area (Å²) >= 11 is 0. The molecular formula is C21H30N2O. The van der Waals surface area contributed by atoms with Crippen molar-refractivity contribution < 1.29 is 4.74 Å². The monoisotopic (exact) mass is 326 g/mol. The third-order valence-corrected chi connectivity index (χ3v) is 5.21. The molecule has 1 fully saturated rings. The highest BCUT2D eigenvalue weighted by Crippen LogP contribution is 2.35. The van der Waals surface area contributed by atoms with Gasteiger partial charge in [-0.3, -0.25) is 0 Å². The van der Waals surface area contributed by atoms with Crippen molar-refractivity contribution in [2.24, 2.45) is 5.92 Å². The van der Waals surface area contributed by atoms with Gasteiger partial charge in [0.05, 0.1) is 11.7 Å². The summed E-state index contributed by atoms with van der Waals surface area (Å²) in [5.74, 6) is 1.66. The zero-order valence-corrected chi connectivity index (χ0v) is 15.1. The van der Waals surface area contributed by atoms with E-state index in [1.807, 2.05) is 6.07 Å². The summed E-state index contributed by atoms with van der Waals surface area (Å²) in [6, 6.07) is 12.9. The average Bonchev–Trinajstić information content (AvgIpc) is 3.04. The van der Waals surface area contributed by atoms with Gasteiger partial charge >= 0.3 is 0 Å². The predicted molar refractivity (Wildman–Crippen MR) is 98.3 cm³/mol. The molecule has 0 N–H and O–H groups in total. The van der Waals surface area contributed by atoms with Crippen LogP contribution >= 0.6 is 0 Å². The maximum atomic E-state index is 6.16. The van der Waals surface area contributed by atoms with Gasteiger partial charge in [0.25, 0.3) is 0 Å². The second-order valence-corrected chi connectivity index (χ2v) is 7.08. The highest BCUT2D eigenvalue weighted by molar-refractivity contribution is 5.19. The number of aryl methyl sites for hydroxylation is 1. The minimum absolute atomic E-state index is 0.418. The minimum atomic E-state index is 0.418. The van der Waals surface area contributed by atoms with Crippen LogP contribution in [0, 0.1) is 5.92 Å². The number of nitrogens with zero attached hydrogens (tertiary/aromatic N) is 2. The van der Waals surface area contributed by atoms with Crippen molar-refractivity contribution in [3.8, 4) is 5.88 Å². The molecule has 1 atom stereocenters. The number of aromatic nitrogens is 2. The van der Waals surface area contributed by atoms with Gasteiger partial charge in [-0.15, -0.1) is 0 Å². The van der Waals surface area contributed by atoms with Gasteiger partial charge in [0, 0.05) is 6.07 Å². The Morgan fingerprint density at radius 1 is 1.17 bits per heavy atom. The van der Waals surface area contributed by atoms with Crippen LogP contribution in [0.2, 0.25) is 0 Å². The number of benzene rings is 1. The van der Waals surface area contributed by atoms with Gasteiger partial charge in [0.15, 0.2) is 0 Å². The molecule has 0 amide bonds. The molecule has 0 aliphatic heterocycles. The molecule has 0 radical (unpaired) electrons. The van der Waals surface area contributed by atoms with E-state index in [-0.39, 0.29) is 0 Å². The molecule has 1 heterocycles. The van der Waals surface area contributed by atoms with Crippen LogP contribution in [-0.2, 0) is 13.0 Å². The Kier molecular flexibility index (Phi) is 5.95. The smallest absolute Gasteiger partial charge is 0.212 e. The first-order chi connectivity index (χ1) is 11.8. The van der Waals surface area contributed by atoms with Crippen molar-refractivity contribution in [2.75, 3.05) is 0 Å². The molecule has 130 valence electrons. The SMILES string of the molecule is CCCc1cc(OCc2ccccc2)n(C(C)C2CCCCC2)n1. The van der Waals surface area contributed by atoms with Crippen LogP contribution in [0.15, 0.2) is 36.4 Å². The third kappa shape index (κ3) is 4.19. The lowest BCUT2D eigenvalue weighted by atomic mass is 9.85. The molecule has 1 aliphatic rings. The molecule has 1 aliphatic carbocycles. The third-order valence-electron chi connectivity index (χ3n) is 5.21. The van der Waals surface area contributed by atoms with Crippen molar-refractivity contribution in [1.82, 2.24) is 9.78 Å². The number of hydrogen-bond acceptors (Lipinski definition) is 2. The summed E-state index contributed by atoms with van der Waals surface area (Å²) in [4.78, 5) is 0. The zero-order valence-electron chi connectivity index (χ0n) is 15.1. The number of hydrogen-bond donors (Lipinski definition) is 0. The summed E-state index contributed by atoms with van der Waals surface area (Å²) in [6.07, 6.45) is 8.89. The van der Waals surface area contributed by atoms with E-state index in [0.29, 0.717) is 12.6 Å². The first kappa shape index (κ1) is 17.1. The molecule has 0 bridgehead atoms. The van der Waals surface area contributed by atoms with E-state index in [4.69, 9.17) is 9.84 Å². The van der Waals surface area contributed by atoms with Gasteiger partial charge in [-0.1, -0.05) is 62.9 Å². The lowest BCUT2D eigenvalue weighted by molar-refractivity contribution is 0.209. The highest BCUT2D eigenvalue weighted by atomic mass is 16.5. The molecule has 2 aromatic rings. The molecule has 0 spiro atoms. The Labute approximate surface area is 146 Å².